The van der Waals surface area contributed by atoms with E-state index in [9.17, 15) is 9.90 Å². The maximum Gasteiger partial charge on any atom is 0.222 e. The number of piperidine rings is 1. The Kier molecular flexibility index (Phi) is 3.84. The first-order valence-corrected chi connectivity index (χ1v) is 8.09. The third kappa shape index (κ3) is 2.81. The van der Waals surface area contributed by atoms with E-state index >= 15 is 0 Å². The fraction of sp³-hybridized carbons (Fsp3) is 0.938. The molecule has 108 valence electrons. The molecule has 3 rings (SSSR count). The van der Waals surface area contributed by atoms with Gasteiger partial charge in [0.2, 0.25) is 5.91 Å². The second-order valence-electron chi connectivity index (χ2n) is 7.12. The number of hydrogen-bond acceptors (Lipinski definition) is 2. The van der Waals surface area contributed by atoms with E-state index in [2.05, 4.69) is 0 Å². The van der Waals surface area contributed by atoms with E-state index in [1.54, 1.807) is 0 Å². The maximum atomic E-state index is 12.4. The monoisotopic (exact) mass is 265 g/mol. The molecule has 0 radical (unpaired) electrons. The predicted octanol–water partition coefficient (Wildman–Crippen LogP) is 2.43. The Morgan fingerprint density at radius 1 is 1.32 bits per heavy atom. The highest BCUT2D eigenvalue weighted by molar-refractivity contribution is 5.76. The van der Waals surface area contributed by atoms with E-state index < -0.39 is 0 Å². The van der Waals surface area contributed by atoms with E-state index in [1.807, 2.05) is 11.8 Å². The van der Waals surface area contributed by atoms with Crippen molar-refractivity contribution in [3.63, 3.8) is 0 Å². The van der Waals surface area contributed by atoms with Gasteiger partial charge in [-0.1, -0.05) is 6.42 Å². The zero-order valence-electron chi connectivity index (χ0n) is 12.1. The summed E-state index contributed by atoms with van der Waals surface area (Å²) in [7, 11) is 0. The third-order valence-corrected chi connectivity index (χ3v) is 5.81. The van der Waals surface area contributed by atoms with Gasteiger partial charge in [0.15, 0.2) is 0 Å². The molecule has 3 nitrogen and oxygen atoms in total. The number of carbonyl (C=O) groups is 1. The molecule has 5 atom stereocenters. The molecule has 3 fully saturated rings. The molecule has 0 aromatic rings. The predicted molar refractivity (Wildman–Crippen MR) is 74.5 cm³/mol. The standard InChI is InChI=1S/C16H27NO2/c1-11(18)14-3-2-6-17(10-14)16(19)9-15-8-12-4-5-13(15)7-12/h11-15,18H,2-10H2,1H3. The van der Waals surface area contributed by atoms with Crippen LogP contribution in [0.3, 0.4) is 0 Å². The topological polar surface area (TPSA) is 40.5 Å². The number of hydrogen-bond donors (Lipinski definition) is 1. The molecule has 2 bridgehead atoms. The van der Waals surface area contributed by atoms with Crippen molar-refractivity contribution >= 4 is 5.91 Å². The molecule has 3 heteroatoms. The van der Waals surface area contributed by atoms with Crippen molar-refractivity contribution in [3.05, 3.63) is 0 Å². The van der Waals surface area contributed by atoms with Gasteiger partial charge in [0, 0.05) is 25.4 Å². The van der Waals surface area contributed by atoms with Crippen LogP contribution in [0, 0.1) is 23.7 Å². The van der Waals surface area contributed by atoms with Gasteiger partial charge < -0.3 is 10.0 Å². The first-order valence-electron chi connectivity index (χ1n) is 8.09. The summed E-state index contributed by atoms with van der Waals surface area (Å²) < 4.78 is 0. The molecule has 19 heavy (non-hydrogen) atoms. The number of carbonyl (C=O) groups excluding carboxylic acids is 1. The number of amides is 1. The van der Waals surface area contributed by atoms with Crippen LogP contribution in [0.4, 0.5) is 0 Å². The number of fused-ring (bicyclic) bond motifs is 2. The van der Waals surface area contributed by atoms with Gasteiger partial charge in [-0.15, -0.1) is 0 Å². The van der Waals surface area contributed by atoms with Crippen LogP contribution < -0.4 is 0 Å². The Labute approximate surface area is 116 Å². The molecule has 0 aromatic heterocycles. The van der Waals surface area contributed by atoms with Gasteiger partial charge in [0.1, 0.15) is 0 Å². The minimum atomic E-state index is -0.280. The molecular weight excluding hydrogens is 238 g/mol. The first-order chi connectivity index (χ1) is 9.13. The van der Waals surface area contributed by atoms with Gasteiger partial charge in [-0.05, 0) is 56.8 Å². The van der Waals surface area contributed by atoms with Crippen molar-refractivity contribution in [1.82, 2.24) is 4.90 Å². The lowest BCUT2D eigenvalue weighted by atomic mass is 9.85. The fourth-order valence-electron chi connectivity index (χ4n) is 4.61. The van der Waals surface area contributed by atoms with Gasteiger partial charge in [0.25, 0.3) is 0 Å². The van der Waals surface area contributed by atoms with Crippen molar-refractivity contribution in [1.29, 1.82) is 0 Å². The highest BCUT2D eigenvalue weighted by Gasteiger charge is 2.41. The summed E-state index contributed by atoms with van der Waals surface area (Å²) in [6.07, 6.45) is 8.06. The SMILES string of the molecule is CC(O)C1CCCN(C(=O)CC2CC3CCC2C3)C1. The molecule has 2 saturated carbocycles. The third-order valence-electron chi connectivity index (χ3n) is 5.81. The van der Waals surface area contributed by atoms with Crippen molar-refractivity contribution in [2.24, 2.45) is 23.7 Å². The van der Waals surface area contributed by atoms with E-state index in [0.29, 0.717) is 11.8 Å². The van der Waals surface area contributed by atoms with Crippen LogP contribution >= 0.6 is 0 Å². The lowest BCUT2D eigenvalue weighted by Crippen LogP contribution is -2.43. The van der Waals surface area contributed by atoms with Crippen LogP contribution in [0.5, 0.6) is 0 Å². The number of rotatable bonds is 3. The van der Waals surface area contributed by atoms with E-state index in [0.717, 1.165) is 44.2 Å². The normalized spacial score (nSPS) is 39.6. The molecule has 2 aliphatic carbocycles. The Morgan fingerprint density at radius 3 is 2.79 bits per heavy atom. The smallest absolute Gasteiger partial charge is 0.222 e. The molecule has 1 saturated heterocycles. The molecule has 1 heterocycles. The maximum absolute atomic E-state index is 12.4. The largest absolute Gasteiger partial charge is 0.393 e. The minimum Gasteiger partial charge on any atom is -0.393 e. The Morgan fingerprint density at radius 2 is 2.16 bits per heavy atom. The molecular formula is C16H27NO2. The zero-order chi connectivity index (χ0) is 13.4. The van der Waals surface area contributed by atoms with Gasteiger partial charge in [-0.25, -0.2) is 0 Å². The number of aliphatic hydroxyl groups is 1. The van der Waals surface area contributed by atoms with E-state index in [1.165, 1.54) is 25.7 Å². The van der Waals surface area contributed by atoms with Crippen LogP contribution in [0.25, 0.3) is 0 Å². The molecule has 5 unspecified atom stereocenters. The molecule has 0 aromatic carbocycles. The quantitative estimate of drug-likeness (QED) is 0.851. The van der Waals surface area contributed by atoms with Crippen molar-refractivity contribution in [2.75, 3.05) is 13.1 Å². The van der Waals surface area contributed by atoms with Crippen LogP contribution in [-0.2, 0) is 4.79 Å². The number of nitrogens with zero attached hydrogens (tertiary/aromatic N) is 1. The molecule has 1 aliphatic heterocycles. The number of likely N-dealkylation sites (tertiary alicyclic amines) is 1. The van der Waals surface area contributed by atoms with E-state index in [4.69, 9.17) is 0 Å². The molecule has 3 aliphatic rings. The average molecular weight is 265 g/mol. The summed E-state index contributed by atoms with van der Waals surface area (Å²) in [4.78, 5) is 14.5. The van der Waals surface area contributed by atoms with Gasteiger partial charge >= 0.3 is 0 Å². The molecule has 1 amide bonds. The minimum absolute atomic E-state index is 0.280. The second-order valence-corrected chi connectivity index (χ2v) is 7.12. The van der Waals surface area contributed by atoms with Crippen molar-refractivity contribution < 1.29 is 9.90 Å². The Hall–Kier alpha value is -0.570. The van der Waals surface area contributed by atoms with Gasteiger partial charge in [-0.3, -0.25) is 4.79 Å². The van der Waals surface area contributed by atoms with Crippen LogP contribution in [0.2, 0.25) is 0 Å². The summed E-state index contributed by atoms with van der Waals surface area (Å²) in [5.41, 5.74) is 0. The highest BCUT2D eigenvalue weighted by atomic mass is 16.3. The zero-order valence-corrected chi connectivity index (χ0v) is 12.1. The van der Waals surface area contributed by atoms with Gasteiger partial charge in [-0.2, -0.15) is 0 Å². The lowest BCUT2D eigenvalue weighted by Gasteiger charge is -2.35. The Balaban J connectivity index is 1.52. The summed E-state index contributed by atoms with van der Waals surface area (Å²) in [5, 5.41) is 9.71. The molecule has 0 spiro atoms. The average Bonchev–Trinajstić information content (AvgIpc) is 3.01. The second kappa shape index (κ2) is 5.43. The molecule has 1 N–H and O–H groups in total. The fourth-order valence-corrected chi connectivity index (χ4v) is 4.61. The lowest BCUT2D eigenvalue weighted by molar-refractivity contribution is -0.135. The number of aliphatic hydroxyl groups excluding tert-OH is 1. The summed E-state index contributed by atoms with van der Waals surface area (Å²) >= 11 is 0. The summed E-state index contributed by atoms with van der Waals surface area (Å²) in [6, 6.07) is 0. The van der Waals surface area contributed by atoms with Crippen molar-refractivity contribution in [2.45, 2.75) is 58.0 Å². The van der Waals surface area contributed by atoms with Gasteiger partial charge in [0.05, 0.1) is 6.10 Å². The Bertz CT molecular complexity index is 342. The van der Waals surface area contributed by atoms with Crippen LogP contribution in [0.15, 0.2) is 0 Å². The summed E-state index contributed by atoms with van der Waals surface area (Å²) in [5.74, 6) is 3.07. The van der Waals surface area contributed by atoms with Crippen LogP contribution in [0.1, 0.15) is 51.9 Å². The van der Waals surface area contributed by atoms with E-state index in [-0.39, 0.29) is 12.0 Å². The summed E-state index contributed by atoms with van der Waals surface area (Å²) in [6.45, 7) is 3.54. The van der Waals surface area contributed by atoms with Crippen molar-refractivity contribution in [3.8, 4) is 0 Å². The van der Waals surface area contributed by atoms with Crippen LogP contribution in [-0.4, -0.2) is 35.1 Å². The first kappa shape index (κ1) is 13.4. The highest BCUT2D eigenvalue weighted by Crippen LogP contribution is 2.49.